The Morgan fingerprint density at radius 2 is 1.80 bits per heavy atom. The Labute approximate surface area is 153 Å². The number of anilines is 1. The second-order valence-corrected chi connectivity index (χ2v) is 7.64. The van der Waals surface area contributed by atoms with Gasteiger partial charge < -0.3 is 10.6 Å². The molecule has 130 valence electrons. The molecule has 2 aromatic carbocycles. The van der Waals surface area contributed by atoms with E-state index in [4.69, 9.17) is 0 Å². The second-order valence-electron chi connectivity index (χ2n) is 6.50. The minimum atomic E-state index is -0.138. The topological polar surface area (TPSA) is 41.1 Å². The third-order valence-electron chi connectivity index (χ3n) is 4.29. The first-order chi connectivity index (χ1) is 12.0. The number of carbonyl (C=O) groups excluding carboxylic acids is 1. The number of amides is 1. The number of aryl methyl sites for hydroxylation is 1. The van der Waals surface area contributed by atoms with Crippen LogP contribution in [0.25, 0.3) is 6.08 Å². The lowest BCUT2D eigenvalue weighted by molar-refractivity contribution is -0.116. The highest BCUT2D eigenvalue weighted by Gasteiger charge is 2.27. The van der Waals surface area contributed by atoms with E-state index in [-0.39, 0.29) is 11.4 Å². The van der Waals surface area contributed by atoms with E-state index in [9.17, 15) is 4.79 Å². The van der Waals surface area contributed by atoms with Gasteiger partial charge in [-0.1, -0.05) is 68.9 Å². The quantitative estimate of drug-likeness (QED) is 0.746. The van der Waals surface area contributed by atoms with Gasteiger partial charge in [0.25, 0.3) is 5.91 Å². The van der Waals surface area contributed by atoms with Crippen LogP contribution >= 0.6 is 11.8 Å². The van der Waals surface area contributed by atoms with Crippen LogP contribution in [0.3, 0.4) is 0 Å². The van der Waals surface area contributed by atoms with E-state index in [1.54, 1.807) is 0 Å². The van der Waals surface area contributed by atoms with Crippen LogP contribution in [0.1, 0.15) is 43.4 Å². The van der Waals surface area contributed by atoms with Crippen molar-refractivity contribution < 1.29 is 4.79 Å². The maximum absolute atomic E-state index is 12.2. The number of carbonyl (C=O) groups is 1. The molecule has 1 saturated heterocycles. The molecule has 1 aliphatic heterocycles. The van der Waals surface area contributed by atoms with Crippen LogP contribution in [0.15, 0.2) is 53.4 Å². The molecule has 0 aromatic heterocycles. The summed E-state index contributed by atoms with van der Waals surface area (Å²) in [6.45, 7) is 6.49. The van der Waals surface area contributed by atoms with Gasteiger partial charge in [-0.2, -0.15) is 0 Å². The Balaban J connectivity index is 1.66. The smallest absolute Gasteiger partial charge is 0.260 e. The van der Waals surface area contributed by atoms with E-state index >= 15 is 0 Å². The van der Waals surface area contributed by atoms with Crippen LogP contribution in [0.4, 0.5) is 5.69 Å². The summed E-state index contributed by atoms with van der Waals surface area (Å²) < 4.78 is 0. The van der Waals surface area contributed by atoms with Crippen LogP contribution in [0.2, 0.25) is 0 Å². The summed E-state index contributed by atoms with van der Waals surface area (Å²) in [4.78, 5) is 13.0. The van der Waals surface area contributed by atoms with Gasteiger partial charge in [0.1, 0.15) is 0 Å². The van der Waals surface area contributed by atoms with Gasteiger partial charge in [-0.25, -0.2) is 0 Å². The van der Waals surface area contributed by atoms with Gasteiger partial charge in [0.05, 0.1) is 4.91 Å². The molecule has 0 aliphatic carbocycles. The maximum Gasteiger partial charge on any atom is 0.260 e. The van der Waals surface area contributed by atoms with Crippen molar-refractivity contribution in [1.29, 1.82) is 0 Å². The normalized spacial score (nSPS) is 18.6. The fourth-order valence-electron chi connectivity index (χ4n) is 2.68. The molecule has 1 amide bonds. The molecule has 0 spiro atoms. The molecule has 25 heavy (non-hydrogen) atoms. The van der Waals surface area contributed by atoms with Gasteiger partial charge in [-0.3, -0.25) is 4.79 Å². The summed E-state index contributed by atoms with van der Waals surface area (Å²) in [5, 5.41) is 6.33. The highest BCUT2D eigenvalue weighted by atomic mass is 32.2. The lowest BCUT2D eigenvalue weighted by Crippen LogP contribution is -2.30. The van der Waals surface area contributed by atoms with Gasteiger partial charge in [0.2, 0.25) is 0 Å². The van der Waals surface area contributed by atoms with Crippen LogP contribution in [0.5, 0.6) is 0 Å². The monoisotopic (exact) mass is 352 g/mol. The average Bonchev–Trinajstić information content (AvgIpc) is 2.95. The van der Waals surface area contributed by atoms with E-state index in [0.717, 1.165) is 22.6 Å². The summed E-state index contributed by atoms with van der Waals surface area (Å²) in [5.74, 6) is 0.485. The lowest BCUT2D eigenvalue weighted by Gasteiger charge is -2.12. The second kappa shape index (κ2) is 7.79. The first-order valence-corrected chi connectivity index (χ1v) is 9.58. The Morgan fingerprint density at radius 3 is 2.40 bits per heavy atom. The lowest BCUT2D eigenvalue weighted by atomic mass is 10.0. The number of rotatable bonds is 5. The number of hydrogen-bond donors (Lipinski definition) is 2. The first-order valence-electron chi connectivity index (χ1n) is 8.70. The molecule has 1 atom stereocenters. The standard InChI is InChI=1S/C21H24N2OS/c1-4-15-7-11-18(12-8-15)22-21-23-20(24)19(25-21)13-16-5-9-17(10-6-16)14(2)3/h5-14,21-22H,4H2,1-3H3,(H,23,24)/b19-13-/t21-/m1/s1. The van der Waals surface area contributed by atoms with Crippen molar-refractivity contribution in [3.05, 3.63) is 70.1 Å². The van der Waals surface area contributed by atoms with Crippen molar-refractivity contribution in [2.45, 2.75) is 38.6 Å². The molecule has 1 aliphatic rings. The third-order valence-corrected chi connectivity index (χ3v) is 5.32. The van der Waals surface area contributed by atoms with Crippen molar-refractivity contribution in [2.24, 2.45) is 0 Å². The third kappa shape index (κ3) is 4.45. The zero-order valence-electron chi connectivity index (χ0n) is 14.9. The first kappa shape index (κ1) is 17.6. The molecule has 0 bridgehead atoms. The summed E-state index contributed by atoms with van der Waals surface area (Å²) in [7, 11) is 0. The minimum Gasteiger partial charge on any atom is -0.357 e. The van der Waals surface area contributed by atoms with E-state index in [2.05, 4.69) is 79.9 Å². The van der Waals surface area contributed by atoms with Gasteiger partial charge in [-0.05, 0) is 47.2 Å². The van der Waals surface area contributed by atoms with Crippen molar-refractivity contribution >= 4 is 29.4 Å². The summed E-state index contributed by atoms with van der Waals surface area (Å²) in [6.07, 6.45) is 2.98. The Kier molecular flexibility index (Phi) is 5.49. The summed E-state index contributed by atoms with van der Waals surface area (Å²) >= 11 is 1.52. The zero-order chi connectivity index (χ0) is 17.8. The van der Waals surface area contributed by atoms with E-state index < -0.39 is 0 Å². The highest BCUT2D eigenvalue weighted by Crippen LogP contribution is 2.30. The number of hydrogen-bond acceptors (Lipinski definition) is 3. The van der Waals surface area contributed by atoms with Crippen molar-refractivity contribution in [2.75, 3.05) is 5.32 Å². The molecule has 4 heteroatoms. The predicted molar refractivity (Wildman–Crippen MR) is 107 cm³/mol. The summed E-state index contributed by atoms with van der Waals surface area (Å²) in [5.41, 5.74) is 4.54. The zero-order valence-corrected chi connectivity index (χ0v) is 15.7. The molecule has 3 rings (SSSR count). The molecule has 1 heterocycles. The largest absolute Gasteiger partial charge is 0.357 e. The molecular formula is C21H24N2OS. The molecular weight excluding hydrogens is 328 g/mol. The van der Waals surface area contributed by atoms with E-state index in [0.29, 0.717) is 5.92 Å². The Bertz CT molecular complexity index is 763. The van der Waals surface area contributed by atoms with Crippen LogP contribution in [0, 0.1) is 0 Å². The molecule has 0 radical (unpaired) electrons. The van der Waals surface area contributed by atoms with Gasteiger partial charge in [-0.15, -0.1) is 0 Å². The highest BCUT2D eigenvalue weighted by molar-refractivity contribution is 8.05. The van der Waals surface area contributed by atoms with E-state index in [1.807, 2.05) is 6.08 Å². The Morgan fingerprint density at radius 1 is 1.12 bits per heavy atom. The molecule has 1 fully saturated rings. The van der Waals surface area contributed by atoms with Gasteiger partial charge >= 0.3 is 0 Å². The fourth-order valence-corrected chi connectivity index (χ4v) is 3.67. The number of nitrogens with one attached hydrogen (secondary N) is 2. The minimum absolute atomic E-state index is 0.0272. The van der Waals surface area contributed by atoms with Gasteiger partial charge in [0.15, 0.2) is 5.50 Å². The van der Waals surface area contributed by atoms with Crippen LogP contribution < -0.4 is 10.6 Å². The van der Waals surface area contributed by atoms with Crippen LogP contribution in [-0.4, -0.2) is 11.4 Å². The predicted octanol–water partition coefficient (Wildman–Crippen LogP) is 4.97. The Hall–Kier alpha value is -2.20. The van der Waals surface area contributed by atoms with Crippen molar-refractivity contribution in [3.63, 3.8) is 0 Å². The van der Waals surface area contributed by atoms with E-state index in [1.165, 1.54) is 22.9 Å². The van der Waals surface area contributed by atoms with Crippen molar-refractivity contribution in [3.8, 4) is 0 Å². The van der Waals surface area contributed by atoms with Crippen molar-refractivity contribution in [1.82, 2.24) is 5.32 Å². The van der Waals surface area contributed by atoms with Gasteiger partial charge in [0, 0.05) is 5.69 Å². The van der Waals surface area contributed by atoms with Crippen LogP contribution in [-0.2, 0) is 11.2 Å². The molecule has 0 unspecified atom stereocenters. The molecule has 2 N–H and O–H groups in total. The number of thioether (sulfide) groups is 1. The SMILES string of the molecule is CCc1ccc(N[C@@H]2NC(=O)/C(=C/c3ccc(C(C)C)cc3)S2)cc1. The molecule has 3 nitrogen and oxygen atoms in total. The maximum atomic E-state index is 12.2. The fraction of sp³-hybridized carbons (Fsp3) is 0.286. The molecule has 0 saturated carbocycles. The average molecular weight is 353 g/mol. The number of benzene rings is 2. The summed E-state index contributed by atoms with van der Waals surface area (Å²) in [6, 6.07) is 16.7. The molecule has 2 aromatic rings.